The quantitative estimate of drug-likeness (QED) is 0.248. The van der Waals surface area contributed by atoms with Gasteiger partial charge in [0.1, 0.15) is 22.7 Å². The molecule has 0 amide bonds. The number of para-hydroxylation sites is 1. The van der Waals surface area contributed by atoms with Crippen LogP contribution in [0.25, 0.3) is 54.6 Å². The van der Waals surface area contributed by atoms with Crippen LogP contribution < -0.4 is 5.43 Å². The fourth-order valence-corrected chi connectivity index (χ4v) is 4.40. The molecule has 4 heteroatoms. The highest BCUT2D eigenvalue weighted by Crippen LogP contribution is 2.43. The van der Waals surface area contributed by atoms with Gasteiger partial charge in [-0.2, -0.15) is 0 Å². The summed E-state index contributed by atoms with van der Waals surface area (Å²) in [5.74, 6) is 0.360. The molecular formula is C27H16O4. The average Bonchev–Trinajstić information content (AvgIpc) is 2.77. The Bertz CT molecular complexity index is 1730. The van der Waals surface area contributed by atoms with Crippen LogP contribution in [0.2, 0.25) is 0 Å². The second kappa shape index (κ2) is 6.34. The molecule has 0 bridgehead atoms. The predicted molar refractivity (Wildman–Crippen MR) is 124 cm³/mol. The predicted octanol–water partition coefficient (Wildman–Crippen LogP) is 6.33. The van der Waals surface area contributed by atoms with E-state index in [0.29, 0.717) is 16.7 Å². The number of rotatable bonds is 1. The Morgan fingerprint density at radius 3 is 1.94 bits per heavy atom. The van der Waals surface area contributed by atoms with Gasteiger partial charge in [0.25, 0.3) is 0 Å². The fourth-order valence-electron chi connectivity index (χ4n) is 4.40. The minimum absolute atomic E-state index is 0.0607. The number of hydrogen-bond acceptors (Lipinski definition) is 4. The summed E-state index contributed by atoms with van der Waals surface area (Å²) >= 11 is 0. The van der Waals surface area contributed by atoms with Gasteiger partial charge in [0.15, 0.2) is 5.43 Å². The first kappa shape index (κ1) is 17.5. The molecule has 0 spiro atoms. The fraction of sp³-hybridized carbons (Fsp3) is 0. The van der Waals surface area contributed by atoms with Crippen LogP contribution in [-0.4, -0.2) is 10.2 Å². The summed E-state index contributed by atoms with van der Waals surface area (Å²) in [6.45, 7) is 0. The molecule has 2 N–H and O–H groups in total. The Balaban J connectivity index is 1.91. The molecule has 0 unspecified atom stereocenters. The summed E-state index contributed by atoms with van der Waals surface area (Å²) in [7, 11) is 0. The lowest BCUT2D eigenvalue weighted by Crippen LogP contribution is -1.95. The lowest BCUT2D eigenvalue weighted by Gasteiger charge is -2.15. The first-order valence-electron chi connectivity index (χ1n) is 9.93. The average molecular weight is 404 g/mol. The van der Waals surface area contributed by atoms with Crippen molar-refractivity contribution in [3.05, 3.63) is 95.2 Å². The Morgan fingerprint density at radius 2 is 1.23 bits per heavy atom. The van der Waals surface area contributed by atoms with E-state index in [-0.39, 0.29) is 16.9 Å². The molecule has 1 aromatic heterocycles. The van der Waals surface area contributed by atoms with Gasteiger partial charge in [-0.1, -0.05) is 30.3 Å². The number of hydrogen-bond donors (Lipinski definition) is 2. The van der Waals surface area contributed by atoms with E-state index in [9.17, 15) is 15.0 Å². The number of phenolic OH excluding ortho intramolecular Hbond substituents is 2. The van der Waals surface area contributed by atoms with Gasteiger partial charge < -0.3 is 14.6 Å². The molecule has 0 aliphatic heterocycles. The van der Waals surface area contributed by atoms with Crippen molar-refractivity contribution < 1.29 is 14.6 Å². The highest BCUT2D eigenvalue weighted by atomic mass is 16.3. The van der Waals surface area contributed by atoms with E-state index in [4.69, 9.17) is 4.42 Å². The van der Waals surface area contributed by atoms with Gasteiger partial charge in [-0.05, 0) is 65.4 Å². The standard InChI is InChI=1S/C27H16O4/c28-17-7-11-19-15(13-17)5-9-22-25(21-3-1-2-4-24(21)30)23-10-6-16-14-18(29)8-12-20(16)27(23)31-26(19)22/h1-14,28,30H. The molecule has 0 saturated heterocycles. The third-order valence-corrected chi connectivity index (χ3v) is 5.81. The third-order valence-electron chi connectivity index (χ3n) is 5.81. The highest BCUT2D eigenvalue weighted by molar-refractivity contribution is 6.19. The zero-order valence-corrected chi connectivity index (χ0v) is 16.3. The molecule has 0 radical (unpaired) electrons. The van der Waals surface area contributed by atoms with Crippen molar-refractivity contribution in [2.24, 2.45) is 0 Å². The molecule has 0 atom stereocenters. The second-order valence-corrected chi connectivity index (χ2v) is 7.67. The first-order valence-corrected chi connectivity index (χ1v) is 9.93. The van der Waals surface area contributed by atoms with Gasteiger partial charge in [0, 0.05) is 32.7 Å². The Kier molecular flexibility index (Phi) is 3.59. The normalized spacial score (nSPS) is 11.6. The number of benzene rings is 5. The van der Waals surface area contributed by atoms with Crippen LogP contribution in [0.5, 0.6) is 11.5 Å². The molecule has 0 aliphatic carbocycles. The molecule has 0 aliphatic rings. The van der Waals surface area contributed by atoms with Gasteiger partial charge in [0.05, 0.1) is 0 Å². The van der Waals surface area contributed by atoms with Gasteiger partial charge in [-0.25, -0.2) is 0 Å². The van der Waals surface area contributed by atoms with E-state index in [2.05, 4.69) is 0 Å². The van der Waals surface area contributed by atoms with E-state index in [1.165, 1.54) is 6.07 Å². The van der Waals surface area contributed by atoms with Crippen molar-refractivity contribution in [2.75, 3.05) is 0 Å². The highest BCUT2D eigenvalue weighted by Gasteiger charge is 2.18. The summed E-state index contributed by atoms with van der Waals surface area (Å²) in [6.07, 6.45) is 0. The molecule has 6 rings (SSSR count). The molecule has 1 heterocycles. The van der Waals surface area contributed by atoms with E-state index in [1.807, 2.05) is 42.5 Å². The molecule has 148 valence electrons. The topological polar surface area (TPSA) is 70.7 Å². The monoisotopic (exact) mass is 404 g/mol. The van der Waals surface area contributed by atoms with Crippen molar-refractivity contribution in [3.63, 3.8) is 0 Å². The summed E-state index contributed by atoms with van der Waals surface area (Å²) < 4.78 is 6.49. The third kappa shape index (κ3) is 2.58. The van der Waals surface area contributed by atoms with E-state index >= 15 is 0 Å². The molecule has 4 nitrogen and oxygen atoms in total. The second-order valence-electron chi connectivity index (χ2n) is 7.67. The molecule has 31 heavy (non-hydrogen) atoms. The smallest absolute Gasteiger partial charge is 0.179 e. The maximum atomic E-state index is 11.9. The maximum absolute atomic E-state index is 11.9. The van der Waals surface area contributed by atoms with E-state index < -0.39 is 0 Å². The SMILES string of the molecule is O=c1ccc2c(ccc3c(-c4ccccc4O)c4ccc5cc(O)ccc5c4oc32)c1. The molecule has 5 aromatic carbocycles. The maximum Gasteiger partial charge on any atom is 0.179 e. The summed E-state index contributed by atoms with van der Waals surface area (Å²) in [6, 6.07) is 25.0. The van der Waals surface area contributed by atoms with Gasteiger partial charge in [0.2, 0.25) is 0 Å². The van der Waals surface area contributed by atoms with Crippen molar-refractivity contribution in [1.82, 2.24) is 0 Å². The minimum Gasteiger partial charge on any atom is -0.508 e. The van der Waals surface area contributed by atoms with Crippen LogP contribution in [0.4, 0.5) is 0 Å². The Labute approximate surface area is 176 Å². The van der Waals surface area contributed by atoms with E-state index in [1.54, 1.807) is 36.4 Å². The summed E-state index contributed by atoms with van der Waals surface area (Å²) in [5.41, 5.74) is 2.80. The summed E-state index contributed by atoms with van der Waals surface area (Å²) in [4.78, 5) is 11.9. The minimum atomic E-state index is -0.0607. The number of phenols is 2. The van der Waals surface area contributed by atoms with Crippen molar-refractivity contribution >= 4 is 43.5 Å². The van der Waals surface area contributed by atoms with Crippen molar-refractivity contribution in [1.29, 1.82) is 0 Å². The molecule has 6 aromatic rings. The number of aromatic hydroxyl groups is 2. The van der Waals surface area contributed by atoms with Crippen molar-refractivity contribution in [2.45, 2.75) is 0 Å². The van der Waals surface area contributed by atoms with Gasteiger partial charge in [-0.3, -0.25) is 4.79 Å². The largest absolute Gasteiger partial charge is 0.508 e. The van der Waals surface area contributed by atoms with Crippen LogP contribution in [-0.2, 0) is 0 Å². The Hall–Kier alpha value is -4.31. The van der Waals surface area contributed by atoms with Gasteiger partial charge in [-0.15, -0.1) is 0 Å². The van der Waals surface area contributed by atoms with E-state index in [0.717, 1.165) is 37.9 Å². The Morgan fingerprint density at radius 1 is 0.613 bits per heavy atom. The lowest BCUT2D eigenvalue weighted by molar-refractivity contribution is 0.476. The van der Waals surface area contributed by atoms with Gasteiger partial charge >= 0.3 is 0 Å². The van der Waals surface area contributed by atoms with Crippen molar-refractivity contribution in [3.8, 4) is 22.6 Å². The summed E-state index contributed by atoms with van der Waals surface area (Å²) in [5, 5.41) is 25.6. The molecule has 0 saturated carbocycles. The van der Waals surface area contributed by atoms with Crippen LogP contribution >= 0.6 is 0 Å². The lowest BCUT2D eigenvalue weighted by atomic mass is 9.93. The van der Waals surface area contributed by atoms with Crippen LogP contribution in [0.1, 0.15) is 0 Å². The zero-order chi connectivity index (χ0) is 21.1. The molecular weight excluding hydrogens is 388 g/mol. The van der Waals surface area contributed by atoms with Crippen LogP contribution in [0, 0.1) is 0 Å². The zero-order valence-electron chi connectivity index (χ0n) is 16.3. The van der Waals surface area contributed by atoms with Crippen LogP contribution in [0.3, 0.4) is 0 Å². The molecule has 0 fully saturated rings. The first-order chi connectivity index (χ1) is 15.1. The van der Waals surface area contributed by atoms with Crippen LogP contribution in [0.15, 0.2) is 94.1 Å². The number of fused-ring (bicyclic) bond motifs is 6.